The smallest absolute Gasteiger partial charge is 0.153 e. The molecule has 0 fully saturated rings. The monoisotopic (exact) mass is 211 g/mol. The number of pyridine rings is 1. The topological polar surface area (TPSA) is 26.0 Å². The molecule has 0 aliphatic carbocycles. The highest BCUT2D eigenvalue weighted by molar-refractivity contribution is 6.04. The number of hydrogen-bond acceptors (Lipinski definition) is 2. The van der Waals surface area contributed by atoms with E-state index in [9.17, 15) is 0 Å². The highest BCUT2D eigenvalue weighted by Gasteiger charge is 2.08. The van der Waals surface area contributed by atoms with E-state index in [4.69, 9.17) is 4.42 Å². The van der Waals surface area contributed by atoms with Crippen LogP contribution in [0, 0.1) is 0 Å². The maximum absolute atomic E-state index is 5.72. The zero-order chi connectivity index (χ0) is 11.1. The summed E-state index contributed by atoms with van der Waals surface area (Å²) in [5.74, 6) is 0.538. The number of fused-ring (bicyclic) bond motifs is 3. The molecule has 0 atom stereocenters. The van der Waals surface area contributed by atoms with Gasteiger partial charge < -0.3 is 4.42 Å². The van der Waals surface area contributed by atoms with E-state index in [0.29, 0.717) is 5.92 Å². The molecular formula is C14H13NO. The Bertz CT molecular complexity index is 652. The lowest BCUT2D eigenvalue weighted by atomic mass is 10.0. The van der Waals surface area contributed by atoms with E-state index in [1.165, 1.54) is 10.9 Å². The normalized spacial score (nSPS) is 11.7. The van der Waals surface area contributed by atoms with Crippen molar-refractivity contribution in [1.82, 2.24) is 4.98 Å². The van der Waals surface area contributed by atoms with Crippen molar-refractivity contribution >= 4 is 21.9 Å². The number of hydrogen-bond donors (Lipinski definition) is 0. The van der Waals surface area contributed by atoms with Gasteiger partial charge in [-0.1, -0.05) is 19.9 Å². The Balaban J connectivity index is 2.40. The Kier molecular flexibility index (Phi) is 1.96. The van der Waals surface area contributed by atoms with Gasteiger partial charge in [0.05, 0.1) is 6.20 Å². The molecule has 3 aromatic rings. The third-order valence-corrected chi connectivity index (χ3v) is 2.96. The molecule has 0 radical (unpaired) electrons. The van der Waals surface area contributed by atoms with Gasteiger partial charge in [0.2, 0.25) is 0 Å². The van der Waals surface area contributed by atoms with Crippen LogP contribution < -0.4 is 0 Å². The Morgan fingerprint density at radius 2 is 1.94 bits per heavy atom. The van der Waals surface area contributed by atoms with Crippen molar-refractivity contribution < 1.29 is 4.42 Å². The van der Waals surface area contributed by atoms with Crippen molar-refractivity contribution in [3.63, 3.8) is 0 Å². The summed E-state index contributed by atoms with van der Waals surface area (Å²) in [7, 11) is 0. The lowest BCUT2D eigenvalue weighted by Gasteiger charge is -2.03. The van der Waals surface area contributed by atoms with Gasteiger partial charge in [0, 0.05) is 17.0 Å². The lowest BCUT2D eigenvalue weighted by molar-refractivity contribution is 0.666. The summed E-state index contributed by atoms with van der Waals surface area (Å²) >= 11 is 0. The van der Waals surface area contributed by atoms with E-state index in [1.54, 1.807) is 12.4 Å². The van der Waals surface area contributed by atoms with Crippen LogP contribution in [0.2, 0.25) is 0 Å². The fourth-order valence-electron chi connectivity index (χ4n) is 2.01. The molecule has 2 heteroatoms. The van der Waals surface area contributed by atoms with E-state index in [1.807, 2.05) is 12.1 Å². The van der Waals surface area contributed by atoms with Gasteiger partial charge in [0.15, 0.2) is 5.58 Å². The second-order valence-corrected chi connectivity index (χ2v) is 4.38. The summed E-state index contributed by atoms with van der Waals surface area (Å²) < 4.78 is 5.72. The van der Waals surface area contributed by atoms with E-state index in [2.05, 4.69) is 31.0 Å². The average molecular weight is 211 g/mol. The van der Waals surface area contributed by atoms with Gasteiger partial charge in [-0.25, -0.2) is 0 Å². The SMILES string of the molecule is CC(C)c1ccc2oc3cnccc3c2c1. The van der Waals surface area contributed by atoms with E-state index in [-0.39, 0.29) is 0 Å². The molecule has 2 aromatic heterocycles. The van der Waals surface area contributed by atoms with Crippen molar-refractivity contribution in [2.24, 2.45) is 0 Å². The lowest BCUT2D eigenvalue weighted by Crippen LogP contribution is -1.85. The molecule has 2 heterocycles. The summed E-state index contributed by atoms with van der Waals surface area (Å²) in [6, 6.07) is 8.39. The van der Waals surface area contributed by atoms with Crippen LogP contribution in [0.4, 0.5) is 0 Å². The molecule has 80 valence electrons. The zero-order valence-corrected chi connectivity index (χ0v) is 9.40. The minimum absolute atomic E-state index is 0.538. The first-order valence-corrected chi connectivity index (χ1v) is 5.52. The second-order valence-electron chi connectivity index (χ2n) is 4.38. The second kappa shape index (κ2) is 3.34. The molecule has 0 unspecified atom stereocenters. The number of nitrogens with zero attached hydrogens (tertiary/aromatic N) is 1. The molecule has 0 N–H and O–H groups in total. The van der Waals surface area contributed by atoms with Crippen LogP contribution in [0.5, 0.6) is 0 Å². The van der Waals surface area contributed by atoms with Crippen LogP contribution in [0.3, 0.4) is 0 Å². The van der Waals surface area contributed by atoms with Crippen molar-refractivity contribution in [2.75, 3.05) is 0 Å². The average Bonchev–Trinajstić information content (AvgIpc) is 2.66. The number of rotatable bonds is 1. The highest BCUT2D eigenvalue weighted by atomic mass is 16.3. The van der Waals surface area contributed by atoms with Crippen LogP contribution >= 0.6 is 0 Å². The summed E-state index contributed by atoms with van der Waals surface area (Å²) in [5, 5.41) is 2.33. The summed E-state index contributed by atoms with van der Waals surface area (Å²) in [6.07, 6.45) is 3.57. The largest absolute Gasteiger partial charge is 0.454 e. The standard InChI is InChI=1S/C14H13NO/c1-9(2)10-3-4-13-12(7-10)11-5-6-15-8-14(11)16-13/h3-9H,1-2H3. The molecule has 3 rings (SSSR count). The summed E-state index contributed by atoms with van der Waals surface area (Å²) in [5.41, 5.74) is 3.14. The Hall–Kier alpha value is -1.83. The molecule has 0 aliphatic heterocycles. The van der Waals surface area contributed by atoms with E-state index < -0.39 is 0 Å². The van der Waals surface area contributed by atoms with Gasteiger partial charge in [0.25, 0.3) is 0 Å². The van der Waals surface area contributed by atoms with Gasteiger partial charge in [-0.2, -0.15) is 0 Å². The van der Waals surface area contributed by atoms with Crippen molar-refractivity contribution in [3.8, 4) is 0 Å². The fraction of sp³-hybridized carbons (Fsp3) is 0.214. The van der Waals surface area contributed by atoms with Crippen LogP contribution in [0.15, 0.2) is 41.1 Å². The molecule has 0 amide bonds. The zero-order valence-electron chi connectivity index (χ0n) is 9.40. The summed E-state index contributed by atoms with van der Waals surface area (Å²) in [6.45, 7) is 4.40. The minimum Gasteiger partial charge on any atom is -0.454 e. The third-order valence-electron chi connectivity index (χ3n) is 2.96. The number of benzene rings is 1. The van der Waals surface area contributed by atoms with Crippen LogP contribution in [0.25, 0.3) is 21.9 Å². The maximum atomic E-state index is 5.72. The molecule has 0 aliphatic rings. The minimum atomic E-state index is 0.538. The van der Waals surface area contributed by atoms with Gasteiger partial charge in [-0.15, -0.1) is 0 Å². The number of furan rings is 1. The molecule has 0 spiro atoms. The first-order chi connectivity index (χ1) is 7.75. The first-order valence-electron chi connectivity index (χ1n) is 5.52. The Morgan fingerprint density at radius 3 is 2.75 bits per heavy atom. The molecule has 16 heavy (non-hydrogen) atoms. The van der Waals surface area contributed by atoms with Gasteiger partial charge in [-0.3, -0.25) is 4.98 Å². The van der Waals surface area contributed by atoms with Crippen molar-refractivity contribution in [1.29, 1.82) is 0 Å². The predicted octanol–water partition coefficient (Wildman–Crippen LogP) is 4.10. The molecule has 0 saturated carbocycles. The van der Waals surface area contributed by atoms with Crippen molar-refractivity contribution in [2.45, 2.75) is 19.8 Å². The Morgan fingerprint density at radius 1 is 1.06 bits per heavy atom. The first kappa shape index (κ1) is 9.40. The van der Waals surface area contributed by atoms with Crippen molar-refractivity contribution in [3.05, 3.63) is 42.2 Å². The predicted molar refractivity (Wildman–Crippen MR) is 65.6 cm³/mol. The molecule has 1 aromatic carbocycles. The van der Waals surface area contributed by atoms with Gasteiger partial charge in [-0.05, 0) is 29.7 Å². The highest BCUT2D eigenvalue weighted by Crippen LogP contribution is 2.30. The van der Waals surface area contributed by atoms with Crippen LogP contribution in [-0.2, 0) is 0 Å². The van der Waals surface area contributed by atoms with Gasteiger partial charge in [0.1, 0.15) is 5.58 Å². The van der Waals surface area contributed by atoms with E-state index in [0.717, 1.165) is 16.6 Å². The third kappa shape index (κ3) is 1.30. The van der Waals surface area contributed by atoms with Gasteiger partial charge >= 0.3 is 0 Å². The molecule has 2 nitrogen and oxygen atoms in total. The fourth-order valence-corrected chi connectivity index (χ4v) is 2.01. The molecule has 0 saturated heterocycles. The Labute approximate surface area is 93.9 Å². The molecule has 0 bridgehead atoms. The maximum Gasteiger partial charge on any atom is 0.153 e. The molecular weight excluding hydrogens is 198 g/mol. The van der Waals surface area contributed by atoms with Crippen LogP contribution in [0.1, 0.15) is 25.3 Å². The number of aromatic nitrogens is 1. The van der Waals surface area contributed by atoms with Crippen LogP contribution in [-0.4, -0.2) is 4.98 Å². The van der Waals surface area contributed by atoms with E-state index >= 15 is 0 Å². The summed E-state index contributed by atoms with van der Waals surface area (Å²) in [4.78, 5) is 4.07. The quantitative estimate of drug-likeness (QED) is 0.605.